The molecule has 1 heterocycles. The molecule has 110 valence electrons. The number of hydrogen-bond donors (Lipinski definition) is 2. The standard InChI is InChI=1S/C14H21N3O3/c18-13(5-7-17-8-6-15-10-17)16-9-11-3-1-2-4-12(11)14(19)20/h6,8,10-12H,1-5,7,9H2,(H,16,18)(H,19,20). The van der Waals surface area contributed by atoms with Crippen molar-refractivity contribution in [2.45, 2.75) is 38.6 Å². The third-order valence-electron chi connectivity index (χ3n) is 3.94. The number of aromatic nitrogens is 2. The van der Waals surface area contributed by atoms with Gasteiger partial charge in [0.25, 0.3) is 0 Å². The highest BCUT2D eigenvalue weighted by Gasteiger charge is 2.30. The Balaban J connectivity index is 1.72. The summed E-state index contributed by atoms with van der Waals surface area (Å²) in [6, 6.07) is 0. The normalized spacial score (nSPS) is 22.4. The highest BCUT2D eigenvalue weighted by atomic mass is 16.4. The van der Waals surface area contributed by atoms with Crippen LogP contribution in [0.5, 0.6) is 0 Å². The number of nitrogens with one attached hydrogen (secondary N) is 1. The van der Waals surface area contributed by atoms with Crippen LogP contribution in [-0.2, 0) is 16.1 Å². The maximum atomic E-state index is 11.8. The summed E-state index contributed by atoms with van der Waals surface area (Å²) >= 11 is 0. The average Bonchev–Trinajstić information content (AvgIpc) is 2.96. The van der Waals surface area contributed by atoms with E-state index in [-0.39, 0.29) is 17.7 Å². The zero-order valence-electron chi connectivity index (χ0n) is 11.5. The first kappa shape index (κ1) is 14.6. The maximum absolute atomic E-state index is 11.8. The molecule has 2 atom stereocenters. The van der Waals surface area contributed by atoms with E-state index in [1.54, 1.807) is 12.5 Å². The second-order valence-corrected chi connectivity index (χ2v) is 5.34. The minimum absolute atomic E-state index is 0.0339. The molecule has 1 aliphatic carbocycles. The van der Waals surface area contributed by atoms with Crippen LogP contribution in [0, 0.1) is 11.8 Å². The quantitative estimate of drug-likeness (QED) is 0.821. The predicted octanol–water partition coefficient (Wildman–Crippen LogP) is 1.28. The zero-order chi connectivity index (χ0) is 14.4. The molecule has 1 aromatic rings. The van der Waals surface area contributed by atoms with E-state index in [2.05, 4.69) is 10.3 Å². The van der Waals surface area contributed by atoms with Crippen molar-refractivity contribution in [1.82, 2.24) is 14.9 Å². The zero-order valence-corrected chi connectivity index (χ0v) is 11.5. The van der Waals surface area contributed by atoms with E-state index in [0.717, 1.165) is 25.7 Å². The lowest BCUT2D eigenvalue weighted by molar-refractivity contribution is -0.145. The Kier molecular flexibility index (Phi) is 5.15. The molecule has 1 aromatic heterocycles. The molecule has 1 amide bonds. The fraction of sp³-hybridized carbons (Fsp3) is 0.643. The summed E-state index contributed by atoms with van der Waals surface area (Å²) < 4.78 is 1.85. The number of carboxylic acid groups (broad SMARTS) is 1. The van der Waals surface area contributed by atoms with Crippen LogP contribution in [0.15, 0.2) is 18.7 Å². The van der Waals surface area contributed by atoms with Crippen molar-refractivity contribution >= 4 is 11.9 Å². The number of hydrogen-bond acceptors (Lipinski definition) is 3. The topological polar surface area (TPSA) is 84.2 Å². The Morgan fingerprint density at radius 2 is 2.15 bits per heavy atom. The summed E-state index contributed by atoms with van der Waals surface area (Å²) in [7, 11) is 0. The Hall–Kier alpha value is -1.85. The number of carbonyl (C=O) groups is 2. The lowest BCUT2D eigenvalue weighted by atomic mass is 9.79. The van der Waals surface area contributed by atoms with E-state index >= 15 is 0 Å². The Labute approximate surface area is 118 Å². The van der Waals surface area contributed by atoms with Crippen LogP contribution >= 0.6 is 0 Å². The van der Waals surface area contributed by atoms with Crippen LogP contribution in [0.1, 0.15) is 32.1 Å². The molecule has 0 radical (unpaired) electrons. The molecular formula is C14H21N3O3. The second kappa shape index (κ2) is 7.07. The van der Waals surface area contributed by atoms with Gasteiger partial charge in [-0.3, -0.25) is 9.59 Å². The third kappa shape index (κ3) is 4.08. The average molecular weight is 279 g/mol. The Morgan fingerprint density at radius 1 is 1.35 bits per heavy atom. The van der Waals surface area contributed by atoms with Crippen molar-refractivity contribution in [2.24, 2.45) is 11.8 Å². The van der Waals surface area contributed by atoms with E-state index in [9.17, 15) is 14.7 Å². The number of rotatable bonds is 6. The van der Waals surface area contributed by atoms with E-state index in [0.29, 0.717) is 19.5 Å². The van der Waals surface area contributed by atoms with Crippen molar-refractivity contribution < 1.29 is 14.7 Å². The van der Waals surface area contributed by atoms with E-state index < -0.39 is 5.97 Å². The third-order valence-corrected chi connectivity index (χ3v) is 3.94. The van der Waals surface area contributed by atoms with Crippen LogP contribution in [0.4, 0.5) is 0 Å². The molecule has 0 spiro atoms. The molecule has 1 aliphatic rings. The van der Waals surface area contributed by atoms with Gasteiger partial charge >= 0.3 is 5.97 Å². The lowest BCUT2D eigenvalue weighted by Gasteiger charge is -2.28. The number of aliphatic carboxylic acids is 1. The minimum atomic E-state index is -0.734. The summed E-state index contributed by atoms with van der Waals surface area (Å²) in [6.07, 6.45) is 9.20. The number of carboxylic acids is 1. The van der Waals surface area contributed by atoms with Gasteiger partial charge in [0.05, 0.1) is 12.2 Å². The first-order chi connectivity index (χ1) is 9.66. The van der Waals surface area contributed by atoms with E-state index in [1.165, 1.54) is 0 Å². The first-order valence-electron chi connectivity index (χ1n) is 7.12. The van der Waals surface area contributed by atoms with Gasteiger partial charge in [-0.1, -0.05) is 12.8 Å². The predicted molar refractivity (Wildman–Crippen MR) is 72.9 cm³/mol. The van der Waals surface area contributed by atoms with Crippen LogP contribution in [0.2, 0.25) is 0 Å². The van der Waals surface area contributed by atoms with Gasteiger partial charge in [-0.05, 0) is 18.8 Å². The molecule has 2 N–H and O–H groups in total. The number of carbonyl (C=O) groups excluding carboxylic acids is 1. The summed E-state index contributed by atoms with van der Waals surface area (Å²) in [5, 5.41) is 12.0. The molecule has 0 bridgehead atoms. The fourth-order valence-corrected chi connectivity index (χ4v) is 2.76. The molecule has 0 saturated heterocycles. The van der Waals surface area contributed by atoms with E-state index in [4.69, 9.17) is 0 Å². The molecular weight excluding hydrogens is 258 g/mol. The van der Waals surface area contributed by atoms with Gasteiger partial charge < -0.3 is 15.0 Å². The molecule has 6 heteroatoms. The van der Waals surface area contributed by atoms with Crippen molar-refractivity contribution in [1.29, 1.82) is 0 Å². The van der Waals surface area contributed by atoms with Gasteiger partial charge in [0.2, 0.25) is 5.91 Å². The highest BCUT2D eigenvalue weighted by molar-refractivity contribution is 5.76. The summed E-state index contributed by atoms with van der Waals surface area (Å²) in [4.78, 5) is 26.8. The largest absolute Gasteiger partial charge is 0.481 e. The van der Waals surface area contributed by atoms with Crippen LogP contribution < -0.4 is 5.32 Å². The fourth-order valence-electron chi connectivity index (χ4n) is 2.76. The summed E-state index contributed by atoms with van der Waals surface area (Å²) in [5.41, 5.74) is 0. The second-order valence-electron chi connectivity index (χ2n) is 5.34. The first-order valence-corrected chi connectivity index (χ1v) is 7.12. The smallest absolute Gasteiger partial charge is 0.306 e. The number of imidazole rings is 1. The van der Waals surface area contributed by atoms with Crippen LogP contribution in [-0.4, -0.2) is 33.1 Å². The Bertz CT molecular complexity index is 445. The number of amides is 1. The van der Waals surface area contributed by atoms with Crippen molar-refractivity contribution in [3.8, 4) is 0 Å². The maximum Gasteiger partial charge on any atom is 0.306 e. The summed E-state index contributed by atoms with van der Waals surface area (Å²) in [6.45, 7) is 1.07. The molecule has 0 aromatic carbocycles. The minimum Gasteiger partial charge on any atom is -0.481 e. The van der Waals surface area contributed by atoms with Crippen molar-refractivity contribution in [3.05, 3.63) is 18.7 Å². The molecule has 0 aliphatic heterocycles. The van der Waals surface area contributed by atoms with Crippen molar-refractivity contribution in [3.63, 3.8) is 0 Å². The molecule has 2 rings (SSSR count). The number of nitrogens with zero attached hydrogens (tertiary/aromatic N) is 2. The monoisotopic (exact) mass is 279 g/mol. The van der Waals surface area contributed by atoms with Gasteiger partial charge in [0.1, 0.15) is 0 Å². The van der Waals surface area contributed by atoms with Gasteiger partial charge in [-0.2, -0.15) is 0 Å². The van der Waals surface area contributed by atoms with Gasteiger partial charge in [-0.25, -0.2) is 4.98 Å². The molecule has 6 nitrogen and oxygen atoms in total. The SMILES string of the molecule is O=C(CCn1ccnc1)NCC1CCCCC1C(=O)O. The van der Waals surface area contributed by atoms with E-state index in [1.807, 2.05) is 10.8 Å². The Morgan fingerprint density at radius 3 is 2.85 bits per heavy atom. The van der Waals surface area contributed by atoms with Gasteiger partial charge in [0.15, 0.2) is 0 Å². The van der Waals surface area contributed by atoms with Crippen molar-refractivity contribution in [2.75, 3.05) is 6.54 Å². The summed E-state index contributed by atoms with van der Waals surface area (Å²) in [5.74, 6) is -1.01. The van der Waals surface area contributed by atoms with Gasteiger partial charge in [-0.15, -0.1) is 0 Å². The molecule has 1 fully saturated rings. The molecule has 20 heavy (non-hydrogen) atoms. The lowest BCUT2D eigenvalue weighted by Crippen LogP contribution is -2.37. The van der Waals surface area contributed by atoms with Gasteiger partial charge in [0, 0.05) is 31.9 Å². The highest BCUT2D eigenvalue weighted by Crippen LogP contribution is 2.29. The molecule has 2 unspecified atom stereocenters. The molecule has 1 saturated carbocycles. The van der Waals surface area contributed by atoms with Crippen LogP contribution in [0.25, 0.3) is 0 Å². The number of aryl methyl sites for hydroxylation is 1. The van der Waals surface area contributed by atoms with Crippen LogP contribution in [0.3, 0.4) is 0 Å².